The number of rotatable bonds is 5. The third-order valence-electron chi connectivity index (χ3n) is 4.76. The normalized spacial score (nSPS) is 13.7. The summed E-state index contributed by atoms with van der Waals surface area (Å²) in [7, 11) is 0. The van der Waals surface area contributed by atoms with Crippen molar-refractivity contribution in [2.75, 3.05) is 6.54 Å². The summed E-state index contributed by atoms with van der Waals surface area (Å²) < 4.78 is 7.65. The van der Waals surface area contributed by atoms with E-state index in [0.717, 1.165) is 30.2 Å². The van der Waals surface area contributed by atoms with E-state index in [9.17, 15) is 4.79 Å². The molecule has 6 heteroatoms. The maximum Gasteiger partial charge on any atom is 0.272 e. The fraction of sp³-hybridized carbons (Fsp3) is 0.350. The Morgan fingerprint density at radius 3 is 2.85 bits per heavy atom. The van der Waals surface area contributed by atoms with Crippen molar-refractivity contribution in [1.82, 2.24) is 19.7 Å². The lowest BCUT2D eigenvalue weighted by atomic mass is 10.1. The Hall–Kier alpha value is -2.89. The number of aryl methyl sites for hydroxylation is 3. The predicted molar refractivity (Wildman–Crippen MR) is 96.7 cm³/mol. The van der Waals surface area contributed by atoms with Gasteiger partial charge in [-0.05, 0) is 25.0 Å². The Morgan fingerprint density at radius 2 is 2.04 bits per heavy atom. The van der Waals surface area contributed by atoms with Crippen molar-refractivity contribution in [1.29, 1.82) is 0 Å². The van der Waals surface area contributed by atoms with Gasteiger partial charge in [0.05, 0.1) is 6.54 Å². The molecule has 26 heavy (non-hydrogen) atoms. The maximum absolute atomic E-state index is 12.8. The Balaban J connectivity index is 1.44. The van der Waals surface area contributed by atoms with Gasteiger partial charge in [0, 0.05) is 32.1 Å². The molecule has 0 atom stereocenters. The average Bonchev–Trinajstić information content (AvgIpc) is 3.32. The first kappa shape index (κ1) is 16.6. The standard InChI is InChI=1S/C20H22N4O2/c1-2-24-17(10-12-21-24)20(25)23-13-11-18-16(14-23)22-19(26-18)9-8-15-6-4-3-5-7-15/h3-7,10,12H,2,8-9,11,13-14H2,1H3. The highest BCUT2D eigenvalue weighted by molar-refractivity contribution is 5.92. The van der Waals surface area contributed by atoms with Gasteiger partial charge in [0.1, 0.15) is 17.1 Å². The lowest BCUT2D eigenvalue weighted by molar-refractivity contribution is 0.0715. The van der Waals surface area contributed by atoms with Crippen LogP contribution in [0.1, 0.15) is 40.3 Å². The molecular formula is C20H22N4O2. The molecule has 6 nitrogen and oxygen atoms in total. The van der Waals surface area contributed by atoms with Crippen LogP contribution in [0.3, 0.4) is 0 Å². The van der Waals surface area contributed by atoms with Gasteiger partial charge in [-0.15, -0.1) is 0 Å². The molecule has 0 unspecified atom stereocenters. The number of hydrogen-bond acceptors (Lipinski definition) is 4. The van der Waals surface area contributed by atoms with Crippen LogP contribution >= 0.6 is 0 Å². The number of fused-ring (bicyclic) bond motifs is 1. The van der Waals surface area contributed by atoms with E-state index in [2.05, 4.69) is 22.2 Å². The number of amides is 1. The van der Waals surface area contributed by atoms with Gasteiger partial charge in [0.25, 0.3) is 5.91 Å². The van der Waals surface area contributed by atoms with Crippen LogP contribution in [0.2, 0.25) is 0 Å². The number of nitrogens with zero attached hydrogens (tertiary/aromatic N) is 4. The van der Waals surface area contributed by atoms with E-state index in [1.807, 2.05) is 30.0 Å². The third-order valence-corrected chi connectivity index (χ3v) is 4.76. The second-order valence-corrected chi connectivity index (χ2v) is 6.47. The zero-order valence-electron chi connectivity index (χ0n) is 14.9. The van der Waals surface area contributed by atoms with E-state index in [0.29, 0.717) is 31.7 Å². The number of carbonyl (C=O) groups is 1. The van der Waals surface area contributed by atoms with Crippen molar-refractivity contribution in [3.63, 3.8) is 0 Å². The van der Waals surface area contributed by atoms with Gasteiger partial charge in [-0.1, -0.05) is 30.3 Å². The zero-order chi connectivity index (χ0) is 17.9. The molecule has 134 valence electrons. The monoisotopic (exact) mass is 350 g/mol. The number of hydrogen-bond donors (Lipinski definition) is 0. The first-order chi connectivity index (χ1) is 12.7. The lowest BCUT2D eigenvalue weighted by Crippen LogP contribution is -2.37. The fourth-order valence-electron chi connectivity index (χ4n) is 3.36. The van der Waals surface area contributed by atoms with Crippen molar-refractivity contribution < 1.29 is 9.21 Å². The topological polar surface area (TPSA) is 64.2 Å². The highest BCUT2D eigenvalue weighted by Gasteiger charge is 2.27. The van der Waals surface area contributed by atoms with Crippen molar-refractivity contribution in [3.8, 4) is 0 Å². The molecule has 1 aliphatic heterocycles. The molecule has 0 saturated heterocycles. The van der Waals surface area contributed by atoms with E-state index in [1.165, 1.54) is 5.56 Å². The Labute approximate surface area is 152 Å². The van der Waals surface area contributed by atoms with Gasteiger partial charge < -0.3 is 9.32 Å². The minimum atomic E-state index is 0.00355. The quantitative estimate of drug-likeness (QED) is 0.710. The highest BCUT2D eigenvalue weighted by atomic mass is 16.4. The smallest absolute Gasteiger partial charge is 0.272 e. The first-order valence-electron chi connectivity index (χ1n) is 9.07. The molecule has 4 rings (SSSR count). The molecule has 2 aromatic heterocycles. The molecule has 0 fully saturated rings. The molecule has 1 amide bonds. The summed E-state index contributed by atoms with van der Waals surface area (Å²) in [5, 5.41) is 4.19. The molecular weight excluding hydrogens is 328 g/mol. The van der Waals surface area contributed by atoms with Crippen LogP contribution in [0, 0.1) is 0 Å². The van der Waals surface area contributed by atoms with Crippen LogP contribution < -0.4 is 0 Å². The van der Waals surface area contributed by atoms with Crippen LogP contribution in [0.5, 0.6) is 0 Å². The first-order valence-corrected chi connectivity index (χ1v) is 9.07. The van der Waals surface area contributed by atoms with E-state index in [-0.39, 0.29) is 5.91 Å². The number of oxazole rings is 1. The van der Waals surface area contributed by atoms with Crippen molar-refractivity contribution in [2.24, 2.45) is 0 Å². The number of aromatic nitrogens is 3. The van der Waals surface area contributed by atoms with E-state index in [4.69, 9.17) is 4.42 Å². The van der Waals surface area contributed by atoms with Gasteiger partial charge in [-0.2, -0.15) is 5.10 Å². The molecule has 0 bridgehead atoms. The van der Waals surface area contributed by atoms with Gasteiger partial charge in [-0.3, -0.25) is 9.48 Å². The predicted octanol–water partition coefficient (Wildman–Crippen LogP) is 2.87. The molecule has 1 aliphatic rings. The summed E-state index contributed by atoms with van der Waals surface area (Å²) in [5.41, 5.74) is 2.78. The fourth-order valence-corrected chi connectivity index (χ4v) is 3.36. The molecule has 3 aromatic rings. The van der Waals surface area contributed by atoms with Crippen molar-refractivity contribution in [2.45, 2.75) is 39.3 Å². The molecule has 0 aliphatic carbocycles. The highest BCUT2D eigenvalue weighted by Crippen LogP contribution is 2.22. The Bertz CT molecular complexity index is 898. The van der Waals surface area contributed by atoms with Gasteiger partial charge in [-0.25, -0.2) is 4.98 Å². The van der Waals surface area contributed by atoms with E-state index in [1.54, 1.807) is 16.9 Å². The second kappa shape index (κ2) is 7.15. The van der Waals surface area contributed by atoms with Gasteiger partial charge in [0.15, 0.2) is 5.89 Å². The van der Waals surface area contributed by atoms with Crippen LogP contribution in [-0.2, 0) is 32.4 Å². The van der Waals surface area contributed by atoms with Crippen LogP contribution in [-0.4, -0.2) is 32.1 Å². The summed E-state index contributed by atoms with van der Waals surface area (Å²) in [6, 6.07) is 12.1. The lowest BCUT2D eigenvalue weighted by Gasteiger charge is -2.25. The zero-order valence-corrected chi connectivity index (χ0v) is 14.9. The van der Waals surface area contributed by atoms with Crippen molar-refractivity contribution in [3.05, 3.63) is 71.2 Å². The van der Waals surface area contributed by atoms with E-state index >= 15 is 0 Å². The molecule has 3 heterocycles. The number of carbonyl (C=O) groups excluding carboxylic acids is 1. The minimum Gasteiger partial charge on any atom is -0.445 e. The van der Waals surface area contributed by atoms with Crippen LogP contribution in [0.4, 0.5) is 0 Å². The van der Waals surface area contributed by atoms with Gasteiger partial charge in [0.2, 0.25) is 0 Å². The largest absolute Gasteiger partial charge is 0.445 e. The maximum atomic E-state index is 12.8. The minimum absolute atomic E-state index is 0.00355. The molecule has 1 aromatic carbocycles. The van der Waals surface area contributed by atoms with E-state index < -0.39 is 0 Å². The van der Waals surface area contributed by atoms with Crippen LogP contribution in [0.15, 0.2) is 47.0 Å². The van der Waals surface area contributed by atoms with Crippen molar-refractivity contribution >= 4 is 5.91 Å². The molecule has 0 spiro atoms. The summed E-state index contributed by atoms with van der Waals surface area (Å²) in [6.07, 6.45) is 4.05. The summed E-state index contributed by atoms with van der Waals surface area (Å²) >= 11 is 0. The SMILES string of the molecule is CCn1nccc1C(=O)N1CCc2oc(CCc3ccccc3)nc2C1. The van der Waals surface area contributed by atoms with Gasteiger partial charge >= 0.3 is 0 Å². The molecule has 0 saturated carbocycles. The average molecular weight is 350 g/mol. The molecule has 0 radical (unpaired) electrons. The second-order valence-electron chi connectivity index (χ2n) is 6.47. The number of benzene rings is 1. The summed E-state index contributed by atoms with van der Waals surface area (Å²) in [5.74, 6) is 1.68. The Morgan fingerprint density at radius 1 is 1.19 bits per heavy atom. The Kier molecular flexibility index (Phi) is 4.56. The van der Waals surface area contributed by atoms with Crippen LogP contribution in [0.25, 0.3) is 0 Å². The summed E-state index contributed by atoms with van der Waals surface area (Å²) in [4.78, 5) is 19.2. The molecule has 0 N–H and O–H groups in total. The third kappa shape index (κ3) is 3.27. The summed E-state index contributed by atoms with van der Waals surface area (Å²) in [6.45, 7) is 3.81.